The van der Waals surface area contributed by atoms with Crippen molar-refractivity contribution < 1.29 is 18.0 Å². The lowest BCUT2D eigenvalue weighted by molar-refractivity contribution is -0.137. The number of alkyl halides is 3. The van der Waals surface area contributed by atoms with Gasteiger partial charge in [-0.3, -0.25) is 4.79 Å². The highest BCUT2D eigenvalue weighted by atomic mass is 19.4. The Kier molecular flexibility index (Phi) is 5.63. The minimum atomic E-state index is -4.39. The first kappa shape index (κ1) is 20.2. The summed E-state index contributed by atoms with van der Waals surface area (Å²) in [5.74, 6) is 0.489. The SMILES string of the molecule is Cc1cc(C)cc(N(C)C(=O)C2CCN(c3ccc(C(F)(F)F)cn3)CC2)c1. The topological polar surface area (TPSA) is 36.4 Å². The number of halogens is 3. The fourth-order valence-electron chi connectivity index (χ4n) is 3.64. The summed E-state index contributed by atoms with van der Waals surface area (Å²) in [6.45, 7) is 5.19. The first-order chi connectivity index (χ1) is 13.1. The predicted octanol–water partition coefficient (Wildman–Crippen LogP) is 4.60. The van der Waals surface area contributed by atoms with Crippen LogP contribution in [0.15, 0.2) is 36.5 Å². The molecule has 1 saturated heterocycles. The van der Waals surface area contributed by atoms with Crippen LogP contribution in [0.4, 0.5) is 24.7 Å². The molecule has 1 aromatic carbocycles. The van der Waals surface area contributed by atoms with Crippen molar-refractivity contribution in [3.63, 3.8) is 0 Å². The van der Waals surface area contributed by atoms with Gasteiger partial charge in [-0.05, 0) is 62.1 Å². The number of aromatic nitrogens is 1. The number of aryl methyl sites for hydroxylation is 2. The zero-order chi connectivity index (χ0) is 20.5. The van der Waals surface area contributed by atoms with E-state index in [-0.39, 0.29) is 11.8 Å². The molecule has 2 heterocycles. The van der Waals surface area contributed by atoms with E-state index < -0.39 is 11.7 Å². The van der Waals surface area contributed by atoms with Gasteiger partial charge in [-0.1, -0.05) is 6.07 Å². The van der Waals surface area contributed by atoms with Crippen molar-refractivity contribution in [3.8, 4) is 0 Å². The average Bonchev–Trinajstić information content (AvgIpc) is 2.65. The summed E-state index contributed by atoms with van der Waals surface area (Å²) in [6, 6.07) is 8.50. The van der Waals surface area contributed by atoms with Crippen LogP contribution in [-0.4, -0.2) is 31.0 Å². The molecule has 0 saturated carbocycles. The molecule has 1 fully saturated rings. The van der Waals surface area contributed by atoms with Crippen LogP contribution in [0.25, 0.3) is 0 Å². The largest absolute Gasteiger partial charge is 0.417 e. The van der Waals surface area contributed by atoms with E-state index in [9.17, 15) is 18.0 Å². The summed E-state index contributed by atoms with van der Waals surface area (Å²) < 4.78 is 38.0. The Hall–Kier alpha value is -2.57. The van der Waals surface area contributed by atoms with Crippen molar-refractivity contribution in [2.75, 3.05) is 29.9 Å². The molecule has 1 aromatic heterocycles. The third-order valence-corrected chi connectivity index (χ3v) is 5.17. The van der Waals surface area contributed by atoms with Crippen LogP contribution in [0.3, 0.4) is 0 Å². The van der Waals surface area contributed by atoms with E-state index in [1.165, 1.54) is 6.07 Å². The van der Waals surface area contributed by atoms with Gasteiger partial charge >= 0.3 is 6.18 Å². The Labute approximate surface area is 163 Å². The highest BCUT2D eigenvalue weighted by Crippen LogP contribution is 2.30. The van der Waals surface area contributed by atoms with E-state index in [2.05, 4.69) is 11.1 Å². The Morgan fingerprint density at radius 2 is 1.71 bits per heavy atom. The molecule has 0 unspecified atom stereocenters. The number of anilines is 2. The summed E-state index contributed by atoms with van der Waals surface area (Å²) >= 11 is 0. The Morgan fingerprint density at radius 3 is 2.21 bits per heavy atom. The first-order valence-corrected chi connectivity index (χ1v) is 9.29. The summed E-state index contributed by atoms with van der Waals surface area (Å²) in [7, 11) is 1.79. The number of nitrogens with zero attached hydrogens (tertiary/aromatic N) is 3. The molecule has 3 rings (SSSR count). The van der Waals surface area contributed by atoms with Crippen molar-refractivity contribution in [2.24, 2.45) is 5.92 Å². The van der Waals surface area contributed by atoms with E-state index in [1.54, 1.807) is 11.9 Å². The molecule has 0 radical (unpaired) electrons. The number of hydrogen-bond acceptors (Lipinski definition) is 3. The number of benzene rings is 1. The molecular formula is C21H24F3N3O. The second-order valence-corrected chi connectivity index (χ2v) is 7.41. The number of carbonyl (C=O) groups excluding carboxylic acids is 1. The summed E-state index contributed by atoms with van der Waals surface area (Å²) in [6.07, 6.45) is -2.22. The molecule has 150 valence electrons. The van der Waals surface area contributed by atoms with Crippen LogP contribution in [0.5, 0.6) is 0 Å². The fraction of sp³-hybridized carbons (Fsp3) is 0.429. The Bertz CT molecular complexity index is 821. The standard InChI is InChI=1S/C21H24F3N3O/c1-14-10-15(2)12-18(11-14)26(3)20(28)16-6-8-27(9-7-16)19-5-4-17(13-25-19)21(22,23)24/h4-5,10-13,16H,6-9H2,1-3H3. The Morgan fingerprint density at radius 1 is 1.11 bits per heavy atom. The van der Waals surface area contributed by atoms with Gasteiger partial charge in [0.05, 0.1) is 5.56 Å². The fourth-order valence-corrected chi connectivity index (χ4v) is 3.64. The highest BCUT2D eigenvalue weighted by molar-refractivity contribution is 5.94. The zero-order valence-corrected chi connectivity index (χ0v) is 16.3. The van der Waals surface area contributed by atoms with Gasteiger partial charge in [-0.2, -0.15) is 13.2 Å². The number of piperidine rings is 1. The van der Waals surface area contributed by atoms with Gasteiger partial charge in [0.15, 0.2) is 0 Å². The van der Waals surface area contributed by atoms with E-state index in [4.69, 9.17) is 0 Å². The minimum absolute atomic E-state index is 0.0741. The second-order valence-electron chi connectivity index (χ2n) is 7.41. The van der Waals surface area contributed by atoms with E-state index in [0.29, 0.717) is 31.7 Å². The number of amides is 1. The predicted molar refractivity (Wildman–Crippen MR) is 104 cm³/mol. The van der Waals surface area contributed by atoms with Gasteiger partial charge < -0.3 is 9.80 Å². The first-order valence-electron chi connectivity index (χ1n) is 9.29. The molecule has 0 spiro atoms. The lowest BCUT2D eigenvalue weighted by Crippen LogP contribution is -2.41. The maximum absolute atomic E-state index is 12.9. The van der Waals surface area contributed by atoms with E-state index >= 15 is 0 Å². The van der Waals surface area contributed by atoms with Gasteiger partial charge in [0.25, 0.3) is 0 Å². The quantitative estimate of drug-likeness (QED) is 0.768. The molecule has 2 aromatic rings. The van der Waals surface area contributed by atoms with Crippen molar-refractivity contribution in [3.05, 3.63) is 53.2 Å². The lowest BCUT2D eigenvalue weighted by atomic mass is 9.95. The molecular weight excluding hydrogens is 367 g/mol. The van der Waals surface area contributed by atoms with Crippen molar-refractivity contribution in [1.82, 2.24) is 4.98 Å². The summed E-state index contributed by atoms with van der Waals surface area (Å²) in [5.41, 5.74) is 2.35. The Balaban J connectivity index is 1.62. The van der Waals surface area contributed by atoms with Gasteiger partial charge in [0.2, 0.25) is 5.91 Å². The van der Waals surface area contributed by atoms with Gasteiger partial charge in [-0.15, -0.1) is 0 Å². The normalized spacial score (nSPS) is 15.6. The second kappa shape index (κ2) is 7.81. The van der Waals surface area contributed by atoms with Crippen LogP contribution >= 0.6 is 0 Å². The molecule has 1 aliphatic rings. The maximum Gasteiger partial charge on any atom is 0.417 e. The van der Waals surface area contributed by atoms with Crippen molar-refractivity contribution >= 4 is 17.4 Å². The van der Waals surface area contributed by atoms with Gasteiger partial charge in [0, 0.05) is 37.9 Å². The molecule has 0 N–H and O–H groups in total. The number of hydrogen-bond donors (Lipinski definition) is 0. The maximum atomic E-state index is 12.9. The molecule has 28 heavy (non-hydrogen) atoms. The lowest BCUT2D eigenvalue weighted by Gasteiger charge is -2.34. The van der Waals surface area contributed by atoms with Crippen molar-refractivity contribution in [1.29, 1.82) is 0 Å². The minimum Gasteiger partial charge on any atom is -0.357 e. The van der Waals surface area contributed by atoms with Crippen LogP contribution in [-0.2, 0) is 11.0 Å². The van der Waals surface area contributed by atoms with Gasteiger partial charge in [-0.25, -0.2) is 4.98 Å². The van der Waals surface area contributed by atoms with Crippen molar-refractivity contribution in [2.45, 2.75) is 32.9 Å². The molecule has 7 heteroatoms. The van der Waals surface area contributed by atoms with Crippen LogP contribution in [0, 0.1) is 19.8 Å². The molecule has 0 aliphatic carbocycles. The van der Waals surface area contributed by atoms with E-state index in [0.717, 1.165) is 29.1 Å². The highest BCUT2D eigenvalue weighted by Gasteiger charge is 2.32. The monoisotopic (exact) mass is 391 g/mol. The third-order valence-electron chi connectivity index (χ3n) is 5.17. The number of carbonyl (C=O) groups is 1. The van der Waals surface area contributed by atoms with Crippen LogP contribution in [0.1, 0.15) is 29.5 Å². The summed E-state index contributed by atoms with van der Waals surface area (Å²) in [4.78, 5) is 20.5. The summed E-state index contributed by atoms with van der Waals surface area (Å²) in [5, 5.41) is 0. The van der Waals surface area contributed by atoms with E-state index in [1.807, 2.05) is 30.9 Å². The molecule has 4 nitrogen and oxygen atoms in total. The molecule has 0 atom stereocenters. The number of pyridine rings is 1. The average molecular weight is 391 g/mol. The zero-order valence-electron chi connectivity index (χ0n) is 16.3. The molecule has 1 amide bonds. The third kappa shape index (κ3) is 4.46. The van der Waals surface area contributed by atoms with Crippen LogP contribution < -0.4 is 9.80 Å². The van der Waals surface area contributed by atoms with Crippen LogP contribution in [0.2, 0.25) is 0 Å². The smallest absolute Gasteiger partial charge is 0.357 e. The number of rotatable bonds is 3. The van der Waals surface area contributed by atoms with Gasteiger partial charge in [0.1, 0.15) is 5.82 Å². The molecule has 1 aliphatic heterocycles. The molecule has 0 bridgehead atoms.